The monoisotopic (exact) mass is 432 g/mol. The lowest BCUT2D eigenvalue weighted by atomic mass is 10.2. The summed E-state index contributed by atoms with van der Waals surface area (Å²) in [6, 6.07) is 15.7. The highest BCUT2D eigenvalue weighted by Gasteiger charge is 2.14. The minimum Gasteiger partial charge on any atom is -0.485 e. The number of hydrogen-bond acceptors (Lipinski definition) is 4. The number of halogens is 2. The van der Waals surface area contributed by atoms with E-state index in [9.17, 15) is 9.59 Å². The molecule has 0 aliphatic rings. The van der Waals surface area contributed by atoms with Crippen LogP contribution >= 0.6 is 23.2 Å². The van der Waals surface area contributed by atoms with Crippen LogP contribution in [-0.4, -0.2) is 18.4 Å². The highest BCUT2D eigenvalue weighted by atomic mass is 35.5. The number of ether oxygens (including phenoxy) is 1. The van der Waals surface area contributed by atoms with Crippen LogP contribution in [0.5, 0.6) is 5.75 Å². The zero-order valence-corrected chi connectivity index (χ0v) is 17.0. The summed E-state index contributed by atoms with van der Waals surface area (Å²) in [5.74, 6) is 0.360. The molecule has 29 heavy (non-hydrogen) atoms. The minimum absolute atomic E-state index is 0.0852. The number of carbonyl (C=O) groups excluding carboxylic acids is 2. The average molecular weight is 433 g/mol. The van der Waals surface area contributed by atoms with Gasteiger partial charge in [0.2, 0.25) is 5.91 Å². The molecule has 0 unspecified atom stereocenters. The topological polar surface area (TPSA) is 80.6 Å². The van der Waals surface area contributed by atoms with Crippen LogP contribution in [0.1, 0.15) is 21.9 Å². The van der Waals surface area contributed by atoms with E-state index >= 15 is 0 Å². The average Bonchev–Trinajstić information content (AvgIpc) is 3.18. The van der Waals surface area contributed by atoms with E-state index in [0.717, 1.165) is 11.3 Å². The Hall–Kier alpha value is -2.96. The summed E-state index contributed by atoms with van der Waals surface area (Å²) in [5, 5.41) is 5.63. The molecule has 2 N–H and O–H groups in total. The van der Waals surface area contributed by atoms with Gasteiger partial charge in [0.05, 0.1) is 22.3 Å². The molecular formula is C21H18Cl2N2O4. The molecule has 0 bridgehead atoms. The number of benzene rings is 2. The number of furan rings is 1. The van der Waals surface area contributed by atoms with E-state index in [0.29, 0.717) is 16.5 Å². The van der Waals surface area contributed by atoms with E-state index in [1.54, 1.807) is 24.3 Å². The van der Waals surface area contributed by atoms with E-state index in [2.05, 4.69) is 10.6 Å². The predicted molar refractivity (Wildman–Crippen MR) is 112 cm³/mol. The van der Waals surface area contributed by atoms with Crippen LogP contribution in [0.15, 0.2) is 59.0 Å². The Bertz CT molecular complexity index is 1030. The molecule has 3 aromatic rings. The lowest BCUT2D eigenvalue weighted by Crippen LogP contribution is -2.32. The van der Waals surface area contributed by atoms with Gasteiger partial charge in [-0.1, -0.05) is 47.5 Å². The van der Waals surface area contributed by atoms with Crippen molar-refractivity contribution in [3.05, 3.63) is 81.7 Å². The van der Waals surface area contributed by atoms with Crippen LogP contribution in [0.2, 0.25) is 10.0 Å². The zero-order valence-electron chi connectivity index (χ0n) is 15.5. The molecular weight excluding hydrogens is 415 g/mol. The summed E-state index contributed by atoms with van der Waals surface area (Å²) in [4.78, 5) is 24.2. The first-order chi connectivity index (χ1) is 13.9. The second-order valence-corrected chi connectivity index (χ2v) is 6.94. The quantitative estimate of drug-likeness (QED) is 0.559. The first-order valence-corrected chi connectivity index (χ1v) is 9.49. The normalized spacial score (nSPS) is 10.4. The van der Waals surface area contributed by atoms with Crippen LogP contribution in [0, 0.1) is 6.92 Å². The molecule has 0 spiro atoms. The fourth-order valence-electron chi connectivity index (χ4n) is 2.49. The molecule has 6 nitrogen and oxygen atoms in total. The van der Waals surface area contributed by atoms with E-state index < -0.39 is 11.8 Å². The smallest absolute Gasteiger partial charge is 0.287 e. The largest absolute Gasteiger partial charge is 0.485 e. The second kappa shape index (κ2) is 9.49. The van der Waals surface area contributed by atoms with Crippen molar-refractivity contribution in [2.24, 2.45) is 0 Å². The first kappa shape index (κ1) is 20.8. The van der Waals surface area contributed by atoms with Gasteiger partial charge in [-0.2, -0.15) is 0 Å². The number of aryl methyl sites for hydroxylation is 1. The van der Waals surface area contributed by atoms with Crippen molar-refractivity contribution >= 4 is 40.7 Å². The van der Waals surface area contributed by atoms with Crippen molar-refractivity contribution in [1.29, 1.82) is 0 Å². The molecule has 2 amide bonds. The molecule has 0 aliphatic heterocycles. The van der Waals surface area contributed by atoms with Crippen LogP contribution in [0.3, 0.4) is 0 Å². The number of rotatable bonds is 7. The molecule has 3 rings (SSSR count). The maximum Gasteiger partial charge on any atom is 0.287 e. The maximum atomic E-state index is 12.2. The molecule has 150 valence electrons. The minimum atomic E-state index is -0.514. The summed E-state index contributed by atoms with van der Waals surface area (Å²) in [6.45, 7) is 1.88. The third-order valence-electron chi connectivity index (χ3n) is 3.98. The van der Waals surface area contributed by atoms with Crippen LogP contribution in [0.4, 0.5) is 5.69 Å². The SMILES string of the molecule is Cc1ccccc1OCc1ccc(C(=O)NCC(=O)Nc2cccc(Cl)c2Cl)o1. The van der Waals surface area contributed by atoms with Crippen molar-refractivity contribution in [2.75, 3.05) is 11.9 Å². The number of nitrogens with one attached hydrogen (secondary N) is 2. The van der Waals surface area contributed by atoms with Crippen molar-refractivity contribution in [1.82, 2.24) is 5.32 Å². The van der Waals surface area contributed by atoms with E-state index in [1.807, 2.05) is 31.2 Å². The first-order valence-electron chi connectivity index (χ1n) is 8.73. The van der Waals surface area contributed by atoms with E-state index in [-0.39, 0.29) is 23.9 Å². The Labute approximate surface area is 177 Å². The van der Waals surface area contributed by atoms with Gasteiger partial charge in [-0.05, 0) is 42.8 Å². The standard InChI is InChI=1S/C21H18Cl2N2O4/c1-13-5-2-3-8-17(13)28-12-14-9-10-18(29-14)21(27)24-11-19(26)25-16-7-4-6-15(22)20(16)23/h2-10H,11-12H2,1H3,(H,24,27)(H,25,26). The summed E-state index contributed by atoms with van der Waals surface area (Å²) < 4.78 is 11.2. The third-order valence-corrected chi connectivity index (χ3v) is 4.80. The Kier molecular flexibility index (Phi) is 6.80. The van der Waals surface area contributed by atoms with Gasteiger partial charge in [-0.25, -0.2) is 0 Å². The van der Waals surface area contributed by atoms with Gasteiger partial charge in [0, 0.05) is 0 Å². The Balaban J connectivity index is 1.50. The molecule has 0 saturated carbocycles. The van der Waals surface area contributed by atoms with E-state index in [4.69, 9.17) is 32.4 Å². The highest BCUT2D eigenvalue weighted by Crippen LogP contribution is 2.29. The molecule has 8 heteroatoms. The molecule has 0 atom stereocenters. The Morgan fingerprint density at radius 3 is 2.62 bits per heavy atom. The molecule has 2 aromatic carbocycles. The summed E-state index contributed by atoms with van der Waals surface area (Å²) in [6.07, 6.45) is 0. The van der Waals surface area contributed by atoms with Crippen molar-refractivity contribution in [3.8, 4) is 5.75 Å². The molecule has 0 saturated heterocycles. The van der Waals surface area contributed by atoms with Gasteiger partial charge in [0.15, 0.2) is 5.76 Å². The van der Waals surface area contributed by atoms with Gasteiger partial charge in [-0.3, -0.25) is 9.59 Å². The lowest BCUT2D eigenvalue weighted by Gasteiger charge is -2.08. The van der Waals surface area contributed by atoms with Crippen LogP contribution in [-0.2, 0) is 11.4 Å². The molecule has 1 heterocycles. The van der Waals surface area contributed by atoms with Crippen molar-refractivity contribution in [2.45, 2.75) is 13.5 Å². The van der Waals surface area contributed by atoms with Gasteiger partial charge in [0.25, 0.3) is 5.91 Å². The summed E-state index contributed by atoms with van der Waals surface area (Å²) >= 11 is 11.9. The maximum absolute atomic E-state index is 12.2. The van der Waals surface area contributed by atoms with E-state index in [1.165, 1.54) is 6.07 Å². The van der Waals surface area contributed by atoms with Crippen LogP contribution in [0.25, 0.3) is 0 Å². The summed E-state index contributed by atoms with van der Waals surface area (Å²) in [5.41, 5.74) is 1.37. The number of carbonyl (C=O) groups is 2. The Morgan fingerprint density at radius 1 is 1.03 bits per heavy atom. The van der Waals surface area contributed by atoms with Crippen molar-refractivity contribution < 1.29 is 18.7 Å². The molecule has 0 fully saturated rings. The fraction of sp³-hybridized carbons (Fsp3) is 0.143. The number of para-hydroxylation sites is 1. The zero-order chi connectivity index (χ0) is 20.8. The van der Waals surface area contributed by atoms with Gasteiger partial charge in [-0.15, -0.1) is 0 Å². The summed E-state index contributed by atoms with van der Waals surface area (Å²) in [7, 11) is 0. The molecule has 0 radical (unpaired) electrons. The highest BCUT2D eigenvalue weighted by molar-refractivity contribution is 6.44. The fourth-order valence-corrected chi connectivity index (χ4v) is 2.83. The molecule has 0 aliphatic carbocycles. The van der Waals surface area contributed by atoms with Crippen LogP contribution < -0.4 is 15.4 Å². The van der Waals surface area contributed by atoms with Crippen molar-refractivity contribution in [3.63, 3.8) is 0 Å². The van der Waals surface area contributed by atoms with Gasteiger partial charge >= 0.3 is 0 Å². The molecule has 1 aromatic heterocycles. The van der Waals surface area contributed by atoms with Gasteiger partial charge < -0.3 is 19.8 Å². The number of amides is 2. The Morgan fingerprint density at radius 2 is 1.83 bits per heavy atom. The number of anilines is 1. The number of hydrogen-bond donors (Lipinski definition) is 2. The van der Waals surface area contributed by atoms with Gasteiger partial charge in [0.1, 0.15) is 18.1 Å². The second-order valence-electron chi connectivity index (χ2n) is 6.15. The lowest BCUT2D eigenvalue weighted by molar-refractivity contribution is -0.115. The predicted octanol–water partition coefficient (Wildman–Crippen LogP) is 4.84. The third kappa shape index (κ3) is 5.53.